The predicted octanol–water partition coefficient (Wildman–Crippen LogP) is 4.51. The Balaban J connectivity index is 2.07. The third-order valence-corrected chi connectivity index (χ3v) is 8.57. The van der Waals surface area contributed by atoms with Crippen molar-refractivity contribution in [1.29, 1.82) is 0 Å². The minimum atomic E-state index is -4.45. The van der Waals surface area contributed by atoms with Gasteiger partial charge in [0.25, 0.3) is 10.0 Å². The second kappa shape index (κ2) is 14.1. The molecule has 9 nitrogen and oxygen atoms in total. The first-order valence-corrected chi connectivity index (χ1v) is 14.7. The molecule has 42 heavy (non-hydrogen) atoms. The lowest BCUT2D eigenvalue weighted by molar-refractivity contribution is -0.139. The molecule has 2 atom stereocenters. The Hall–Kier alpha value is -4.19. The van der Waals surface area contributed by atoms with Crippen molar-refractivity contribution in [3.8, 4) is 11.5 Å². The summed E-state index contributed by atoms with van der Waals surface area (Å²) in [7, 11) is -1.70. The summed E-state index contributed by atoms with van der Waals surface area (Å²) in [5.41, 5.74) is 0.146. The van der Waals surface area contributed by atoms with Crippen molar-refractivity contribution in [1.82, 2.24) is 10.2 Å². The van der Waals surface area contributed by atoms with Gasteiger partial charge in [-0.05, 0) is 62.7 Å². The highest BCUT2D eigenvalue weighted by Crippen LogP contribution is 2.32. The summed E-state index contributed by atoms with van der Waals surface area (Å²) >= 11 is 0. The van der Waals surface area contributed by atoms with E-state index < -0.39 is 46.1 Å². The lowest BCUT2D eigenvalue weighted by atomic mass is 10.1. The Kier molecular flexibility index (Phi) is 10.9. The number of sulfonamides is 1. The topological polar surface area (TPSA) is 105 Å². The van der Waals surface area contributed by atoms with E-state index in [9.17, 15) is 26.8 Å². The molecule has 226 valence electrons. The summed E-state index contributed by atoms with van der Waals surface area (Å²) in [4.78, 5) is 27.9. The first kappa shape index (κ1) is 32.3. The molecule has 0 aromatic heterocycles. The van der Waals surface area contributed by atoms with Crippen LogP contribution >= 0.6 is 0 Å². The summed E-state index contributed by atoms with van der Waals surface area (Å²) in [5.74, 6) is -2.02. The van der Waals surface area contributed by atoms with E-state index in [-0.39, 0.29) is 40.2 Å². The standard InChI is InChI=1S/C30H35F2N3O6S/c1-6-20(2)33-30(37)21(3)34(18-22-9-7-8-10-26(22)32)29(36)19-35(24-13-11-23(31)12-14-24)42(38,39)25-15-16-27(40-4)28(17-25)41-5/h7-17,20-21H,6,18-19H2,1-5H3,(H,33,37)/t20-,21+/m0/s1. The van der Waals surface area contributed by atoms with E-state index in [0.717, 1.165) is 21.3 Å². The SMILES string of the molecule is CC[C@H](C)NC(=O)[C@@H](C)N(Cc1ccccc1F)C(=O)CN(c1ccc(F)cc1)S(=O)(=O)c1ccc(OC)c(OC)c1. The molecule has 0 radical (unpaired) electrons. The van der Waals surface area contributed by atoms with Crippen molar-refractivity contribution in [2.75, 3.05) is 25.1 Å². The van der Waals surface area contributed by atoms with Gasteiger partial charge in [0.2, 0.25) is 11.8 Å². The largest absolute Gasteiger partial charge is 0.493 e. The fourth-order valence-electron chi connectivity index (χ4n) is 4.10. The summed E-state index contributed by atoms with van der Waals surface area (Å²) in [6.45, 7) is 4.12. The lowest BCUT2D eigenvalue weighted by Gasteiger charge is -2.32. The molecule has 0 spiro atoms. The van der Waals surface area contributed by atoms with E-state index in [1.807, 2.05) is 6.92 Å². The zero-order valence-electron chi connectivity index (χ0n) is 24.1. The third-order valence-electron chi connectivity index (χ3n) is 6.80. The van der Waals surface area contributed by atoms with E-state index >= 15 is 0 Å². The van der Waals surface area contributed by atoms with Crippen molar-refractivity contribution in [2.24, 2.45) is 0 Å². The molecular formula is C30H35F2N3O6S. The molecule has 0 saturated heterocycles. The summed E-state index contributed by atoms with van der Waals surface area (Å²) < 4.78 is 67.7. The average Bonchev–Trinajstić information content (AvgIpc) is 2.98. The van der Waals surface area contributed by atoms with Gasteiger partial charge < -0.3 is 19.7 Å². The fraction of sp³-hybridized carbons (Fsp3) is 0.333. The van der Waals surface area contributed by atoms with Crippen LogP contribution in [0.25, 0.3) is 0 Å². The van der Waals surface area contributed by atoms with Crippen LogP contribution in [0, 0.1) is 11.6 Å². The monoisotopic (exact) mass is 603 g/mol. The molecule has 0 bridgehead atoms. The van der Waals surface area contributed by atoms with Gasteiger partial charge in [-0.2, -0.15) is 0 Å². The molecule has 0 aliphatic heterocycles. The zero-order valence-corrected chi connectivity index (χ0v) is 25.0. The summed E-state index contributed by atoms with van der Waals surface area (Å²) in [6.07, 6.45) is 0.641. The number of methoxy groups -OCH3 is 2. The van der Waals surface area contributed by atoms with Gasteiger partial charge in [0.1, 0.15) is 24.2 Å². The third kappa shape index (κ3) is 7.55. The molecule has 0 saturated carbocycles. The Bertz CT molecular complexity index is 1500. The van der Waals surface area contributed by atoms with Gasteiger partial charge >= 0.3 is 0 Å². The maximum atomic E-state index is 14.6. The van der Waals surface area contributed by atoms with Gasteiger partial charge in [-0.15, -0.1) is 0 Å². The number of anilines is 1. The summed E-state index contributed by atoms with van der Waals surface area (Å²) in [5, 5.41) is 2.81. The molecule has 1 N–H and O–H groups in total. The Morgan fingerprint density at radius 1 is 0.929 bits per heavy atom. The Morgan fingerprint density at radius 3 is 2.17 bits per heavy atom. The van der Waals surface area contributed by atoms with Crippen LogP contribution in [0.4, 0.5) is 14.5 Å². The number of amides is 2. The van der Waals surface area contributed by atoms with E-state index in [1.165, 1.54) is 69.7 Å². The molecule has 0 aliphatic rings. The number of hydrogen-bond donors (Lipinski definition) is 1. The van der Waals surface area contributed by atoms with Crippen LogP contribution in [0.1, 0.15) is 32.8 Å². The first-order valence-electron chi connectivity index (χ1n) is 13.3. The maximum absolute atomic E-state index is 14.6. The number of nitrogens with one attached hydrogen (secondary N) is 1. The molecule has 0 fully saturated rings. The van der Waals surface area contributed by atoms with Crippen molar-refractivity contribution < 1.29 is 36.3 Å². The van der Waals surface area contributed by atoms with Crippen LogP contribution in [0.2, 0.25) is 0 Å². The van der Waals surface area contributed by atoms with Crippen LogP contribution in [0.5, 0.6) is 11.5 Å². The average molecular weight is 604 g/mol. The zero-order chi connectivity index (χ0) is 31.0. The van der Waals surface area contributed by atoms with E-state index in [4.69, 9.17) is 9.47 Å². The van der Waals surface area contributed by atoms with Crippen LogP contribution in [-0.2, 0) is 26.2 Å². The number of benzene rings is 3. The lowest BCUT2D eigenvalue weighted by Crippen LogP contribution is -2.52. The molecule has 0 heterocycles. The normalized spacial score (nSPS) is 12.6. The molecular weight excluding hydrogens is 568 g/mol. The number of nitrogens with zero attached hydrogens (tertiary/aromatic N) is 2. The number of carbonyl (C=O) groups is 2. The van der Waals surface area contributed by atoms with Crippen LogP contribution in [0.3, 0.4) is 0 Å². The molecule has 12 heteroatoms. The minimum absolute atomic E-state index is 0.00193. The number of carbonyl (C=O) groups excluding carboxylic acids is 2. The second-order valence-corrected chi connectivity index (χ2v) is 11.5. The fourth-order valence-corrected chi connectivity index (χ4v) is 5.53. The molecule has 3 aromatic rings. The molecule has 0 unspecified atom stereocenters. The highest BCUT2D eigenvalue weighted by molar-refractivity contribution is 7.92. The highest BCUT2D eigenvalue weighted by atomic mass is 32.2. The molecule has 2 amide bonds. The Labute approximate surface area is 245 Å². The number of ether oxygens (including phenoxy) is 2. The number of hydrogen-bond acceptors (Lipinski definition) is 6. The second-order valence-electron chi connectivity index (χ2n) is 9.61. The molecule has 3 aromatic carbocycles. The van der Waals surface area contributed by atoms with Crippen LogP contribution < -0.4 is 19.1 Å². The van der Waals surface area contributed by atoms with Gasteiger partial charge in [0, 0.05) is 24.2 Å². The van der Waals surface area contributed by atoms with Gasteiger partial charge in [-0.1, -0.05) is 25.1 Å². The van der Waals surface area contributed by atoms with E-state index in [1.54, 1.807) is 13.0 Å². The van der Waals surface area contributed by atoms with E-state index in [0.29, 0.717) is 6.42 Å². The molecule has 0 aliphatic carbocycles. The Morgan fingerprint density at radius 2 is 1.57 bits per heavy atom. The quantitative estimate of drug-likeness (QED) is 0.308. The van der Waals surface area contributed by atoms with Crippen molar-refractivity contribution in [2.45, 2.75) is 50.7 Å². The van der Waals surface area contributed by atoms with Crippen LogP contribution in [0.15, 0.2) is 71.6 Å². The molecule has 3 rings (SSSR count). The number of halogens is 2. The van der Waals surface area contributed by atoms with E-state index in [2.05, 4.69) is 5.32 Å². The van der Waals surface area contributed by atoms with Crippen molar-refractivity contribution in [3.63, 3.8) is 0 Å². The van der Waals surface area contributed by atoms with Gasteiger partial charge in [0.15, 0.2) is 11.5 Å². The van der Waals surface area contributed by atoms with Crippen molar-refractivity contribution >= 4 is 27.5 Å². The van der Waals surface area contributed by atoms with Gasteiger partial charge in [-0.25, -0.2) is 17.2 Å². The number of rotatable bonds is 13. The van der Waals surface area contributed by atoms with Crippen molar-refractivity contribution in [3.05, 3.63) is 83.9 Å². The highest BCUT2D eigenvalue weighted by Gasteiger charge is 2.33. The minimum Gasteiger partial charge on any atom is -0.493 e. The maximum Gasteiger partial charge on any atom is 0.264 e. The van der Waals surface area contributed by atoms with Gasteiger partial charge in [-0.3, -0.25) is 13.9 Å². The summed E-state index contributed by atoms with van der Waals surface area (Å²) in [6, 6.07) is 13.0. The first-order chi connectivity index (χ1) is 19.9. The smallest absolute Gasteiger partial charge is 0.264 e. The predicted molar refractivity (Wildman–Crippen MR) is 155 cm³/mol. The van der Waals surface area contributed by atoms with Gasteiger partial charge in [0.05, 0.1) is 24.8 Å². The van der Waals surface area contributed by atoms with Crippen LogP contribution in [-0.4, -0.2) is 58.0 Å².